The van der Waals surface area contributed by atoms with E-state index >= 15 is 0 Å². The minimum atomic E-state index is -0.538. The van der Waals surface area contributed by atoms with Crippen LogP contribution in [0.5, 0.6) is 0 Å². The molecule has 0 spiro atoms. The number of benzene rings is 1. The van der Waals surface area contributed by atoms with E-state index in [0.29, 0.717) is 18.2 Å². The van der Waals surface area contributed by atoms with Gasteiger partial charge in [0, 0.05) is 18.3 Å². The lowest BCUT2D eigenvalue weighted by atomic mass is 9.95. The van der Waals surface area contributed by atoms with Gasteiger partial charge in [0.2, 0.25) is 0 Å². The van der Waals surface area contributed by atoms with Crippen LogP contribution in [0, 0.1) is 11.7 Å². The monoisotopic (exact) mass is 295 g/mol. The number of nitrogens with one attached hydrogen (secondary N) is 1. The van der Waals surface area contributed by atoms with Crippen LogP contribution in [0.3, 0.4) is 0 Å². The van der Waals surface area contributed by atoms with E-state index in [4.69, 9.17) is 9.47 Å². The van der Waals surface area contributed by atoms with Crippen LogP contribution in [0.25, 0.3) is 0 Å². The molecule has 1 N–H and O–H groups in total. The van der Waals surface area contributed by atoms with Crippen molar-refractivity contribution >= 4 is 11.7 Å². The molecule has 1 saturated heterocycles. The Morgan fingerprint density at radius 2 is 2.24 bits per heavy atom. The fourth-order valence-electron chi connectivity index (χ4n) is 2.56. The molecule has 116 valence electrons. The van der Waals surface area contributed by atoms with Crippen LogP contribution >= 0.6 is 0 Å². The maximum atomic E-state index is 13.3. The molecule has 1 aromatic carbocycles. The molecular formula is C16H22FNO3. The van der Waals surface area contributed by atoms with Crippen molar-refractivity contribution in [3.05, 3.63) is 29.6 Å². The predicted molar refractivity (Wildman–Crippen MR) is 79.0 cm³/mol. The Morgan fingerprint density at radius 3 is 2.90 bits per heavy atom. The van der Waals surface area contributed by atoms with E-state index in [-0.39, 0.29) is 17.7 Å². The van der Waals surface area contributed by atoms with E-state index < -0.39 is 11.8 Å². The Balaban J connectivity index is 2.13. The second-order valence-electron chi connectivity index (χ2n) is 5.70. The lowest BCUT2D eigenvalue weighted by Crippen LogP contribution is -2.37. The molecule has 1 aliphatic rings. The summed E-state index contributed by atoms with van der Waals surface area (Å²) in [5.41, 5.74) is 0.836. The Hall–Kier alpha value is -1.62. The van der Waals surface area contributed by atoms with Crippen molar-refractivity contribution in [1.29, 1.82) is 0 Å². The SMILES string of the molecule is COC(=O)c1cc(F)ccc1NC1CCOC(C(C)C)C1. The molecule has 4 nitrogen and oxygen atoms in total. The van der Waals surface area contributed by atoms with Gasteiger partial charge >= 0.3 is 5.97 Å². The summed E-state index contributed by atoms with van der Waals surface area (Å²) in [6.07, 6.45) is 1.94. The van der Waals surface area contributed by atoms with Gasteiger partial charge in [-0.2, -0.15) is 0 Å². The van der Waals surface area contributed by atoms with Gasteiger partial charge in [-0.25, -0.2) is 9.18 Å². The Kier molecular flexibility index (Phi) is 5.17. The van der Waals surface area contributed by atoms with Crippen LogP contribution in [-0.4, -0.2) is 31.8 Å². The van der Waals surface area contributed by atoms with Crippen molar-refractivity contribution in [1.82, 2.24) is 0 Å². The van der Waals surface area contributed by atoms with E-state index in [1.54, 1.807) is 6.07 Å². The summed E-state index contributed by atoms with van der Waals surface area (Å²) in [4.78, 5) is 11.7. The molecule has 0 saturated carbocycles. The lowest BCUT2D eigenvalue weighted by Gasteiger charge is -2.33. The molecule has 0 amide bonds. The first-order chi connectivity index (χ1) is 10.0. The molecule has 1 fully saturated rings. The number of esters is 1. The number of methoxy groups -OCH3 is 1. The van der Waals surface area contributed by atoms with E-state index in [1.165, 1.54) is 19.2 Å². The normalized spacial score (nSPS) is 22.1. The molecule has 2 atom stereocenters. The van der Waals surface area contributed by atoms with Crippen molar-refractivity contribution in [2.75, 3.05) is 19.0 Å². The van der Waals surface area contributed by atoms with Crippen molar-refractivity contribution in [3.63, 3.8) is 0 Å². The second kappa shape index (κ2) is 6.89. The average Bonchev–Trinajstić information content (AvgIpc) is 2.48. The summed E-state index contributed by atoms with van der Waals surface area (Å²) in [6.45, 7) is 4.95. The quantitative estimate of drug-likeness (QED) is 0.866. The Labute approximate surface area is 124 Å². The first kappa shape index (κ1) is 15.8. The van der Waals surface area contributed by atoms with Crippen LogP contribution in [0.2, 0.25) is 0 Å². The molecular weight excluding hydrogens is 273 g/mol. The van der Waals surface area contributed by atoms with Crippen molar-refractivity contribution in [2.45, 2.75) is 38.8 Å². The Morgan fingerprint density at radius 1 is 1.48 bits per heavy atom. The summed E-state index contributed by atoms with van der Waals surface area (Å²) in [6, 6.07) is 4.34. The van der Waals surface area contributed by atoms with Gasteiger partial charge in [0.1, 0.15) is 5.82 Å². The molecule has 0 aliphatic carbocycles. The number of halogens is 1. The number of rotatable bonds is 4. The van der Waals surface area contributed by atoms with Gasteiger partial charge in [0.15, 0.2) is 0 Å². The number of hydrogen-bond acceptors (Lipinski definition) is 4. The highest BCUT2D eigenvalue weighted by molar-refractivity contribution is 5.95. The largest absolute Gasteiger partial charge is 0.465 e. The molecule has 21 heavy (non-hydrogen) atoms. The summed E-state index contributed by atoms with van der Waals surface area (Å²) in [7, 11) is 1.29. The molecule has 2 unspecified atom stereocenters. The number of ether oxygens (including phenoxy) is 2. The van der Waals surface area contributed by atoms with Crippen molar-refractivity contribution in [2.24, 2.45) is 5.92 Å². The van der Waals surface area contributed by atoms with Gasteiger partial charge in [0.05, 0.1) is 18.8 Å². The van der Waals surface area contributed by atoms with E-state index in [9.17, 15) is 9.18 Å². The lowest BCUT2D eigenvalue weighted by molar-refractivity contribution is -0.0160. The maximum Gasteiger partial charge on any atom is 0.340 e. The minimum absolute atomic E-state index is 0.207. The number of anilines is 1. The van der Waals surface area contributed by atoms with E-state index in [1.807, 2.05) is 0 Å². The first-order valence-corrected chi connectivity index (χ1v) is 7.27. The van der Waals surface area contributed by atoms with Crippen LogP contribution < -0.4 is 5.32 Å². The standard InChI is InChI=1S/C16H22FNO3/c1-10(2)15-9-12(6-7-21-15)18-14-5-4-11(17)8-13(14)16(19)20-3/h4-5,8,10,12,15,18H,6-7,9H2,1-3H3. The Bertz CT molecular complexity index is 504. The van der Waals surface area contributed by atoms with Crippen LogP contribution in [0.1, 0.15) is 37.0 Å². The molecule has 0 bridgehead atoms. The van der Waals surface area contributed by atoms with Gasteiger partial charge in [-0.05, 0) is 37.0 Å². The van der Waals surface area contributed by atoms with Gasteiger partial charge in [0.25, 0.3) is 0 Å². The highest BCUT2D eigenvalue weighted by Gasteiger charge is 2.26. The fourth-order valence-corrected chi connectivity index (χ4v) is 2.56. The molecule has 1 heterocycles. The van der Waals surface area contributed by atoms with Crippen molar-refractivity contribution in [3.8, 4) is 0 Å². The van der Waals surface area contributed by atoms with Gasteiger partial charge in [-0.1, -0.05) is 13.8 Å². The zero-order chi connectivity index (χ0) is 15.4. The second-order valence-corrected chi connectivity index (χ2v) is 5.70. The van der Waals surface area contributed by atoms with E-state index in [0.717, 1.165) is 12.8 Å². The number of carbonyl (C=O) groups excluding carboxylic acids is 1. The predicted octanol–water partition coefficient (Wildman–Crippen LogP) is 3.23. The van der Waals surface area contributed by atoms with Crippen molar-refractivity contribution < 1.29 is 18.7 Å². The zero-order valence-electron chi connectivity index (χ0n) is 12.7. The third-order valence-corrected chi connectivity index (χ3v) is 3.81. The van der Waals surface area contributed by atoms with Crippen LogP contribution in [0.4, 0.5) is 10.1 Å². The molecule has 2 rings (SSSR count). The van der Waals surface area contributed by atoms with Gasteiger partial charge in [-0.3, -0.25) is 0 Å². The summed E-state index contributed by atoms with van der Waals surface area (Å²) >= 11 is 0. The smallest absolute Gasteiger partial charge is 0.340 e. The molecule has 0 radical (unpaired) electrons. The summed E-state index contributed by atoms with van der Waals surface area (Å²) in [5.74, 6) is -0.541. The van der Waals surface area contributed by atoms with Crippen LogP contribution in [-0.2, 0) is 9.47 Å². The number of hydrogen-bond donors (Lipinski definition) is 1. The highest BCUT2D eigenvalue weighted by atomic mass is 19.1. The first-order valence-electron chi connectivity index (χ1n) is 7.27. The average molecular weight is 295 g/mol. The third kappa shape index (κ3) is 3.94. The summed E-state index contributed by atoms with van der Waals surface area (Å²) < 4.78 is 23.8. The number of carbonyl (C=O) groups is 1. The molecule has 1 aliphatic heterocycles. The topological polar surface area (TPSA) is 47.6 Å². The fraction of sp³-hybridized carbons (Fsp3) is 0.562. The zero-order valence-corrected chi connectivity index (χ0v) is 12.7. The maximum absolute atomic E-state index is 13.3. The van der Waals surface area contributed by atoms with Gasteiger partial charge < -0.3 is 14.8 Å². The highest BCUT2D eigenvalue weighted by Crippen LogP contribution is 2.25. The van der Waals surface area contributed by atoms with Gasteiger partial charge in [-0.15, -0.1) is 0 Å². The molecule has 5 heteroatoms. The molecule has 0 aromatic heterocycles. The minimum Gasteiger partial charge on any atom is -0.465 e. The van der Waals surface area contributed by atoms with Crippen LogP contribution in [0.15, 0.2) is 18.2 Å². The molecule has 1 aromatic rings. The van der Waals surface area contributed by atoms with E-state index in [2.05, 4.69) is 19.2 Å². The summed E-state index contributed by atoms with van der Waals surface area (Å²) in [5, 5.41) is 3.33. The third-order valence-electron chi connectivity index (χ3n) is 3.81.